The largest absolute Gasteiger partial charge is 0.496 e. The van der Waals surface area contributed by atoms with Gasteiger partial charge in [0.1, 0.15) is 18.1 Å². The van der Waals surface area contributed by atoms with Crippen LogP contribution in [0.1, 0.15) is 5.56 Å². The molecule has 4 nitrogen and oxygen atoms in total. The van der Waals surface area contributed by atoms with Crippen LogP contribution in [0.3, 0.4) is 0 Å². The molecule has 0 aromatic heterocycles. The first-order valence-electron chi connectivity index (χ1n) is 6.59. The molecule has 2 aromatic carbocycles. The Morgan fingerprint density at radius 3 is 2.45 bits per heavy atom. The van der Waals surface area contributed by atoms with Crippen LogP contribution in [-0.4, -0.2) is 19.8 Å². The predicted octanol–water partition coefficient (Wildman–Crippen LogP) is 2.15. The molecule has 0 saturated carbocycles. The van der Waals surface area contributed by atoms with Crippen LogP contribution >= 0.6 is 0 Å². The first-order valence-corrected chi connectivity index (χ1v) is 6.59. The fourth-order valence-electron chi connectivity index (χ4n) is 2.02. The molecule has 0 radical (unpaired) electrons. The van der Waals surface area contributed by atoms with Crippen LogP contribution in [0.5, 0.6) is 11.5 Å². The summed E-state index contributed by atoms with van der Waals surface area (Å²) in [5, 5.41) is 0. The van der Waals surface area contributed by atoms with Crippen molar-refractivity contribution in [3.8, 4) is 11.5 Å². The smallest absolute Gasteiger partial charge is 0.122 e. The summed E-state index contributed by atoms with van der Waals surface area (Å²) in [5.41, 5.74) is 3.90. The van der Waals surface area contributed by atoms with E-state index in [1.165, 1.54) is 0 Å². The van der Waals surface area contributed by atoms with E-state index in [1.807, 2.05) is 54.6 Å². The van der Waals surface area contributed by atoms with Gasteiger partial charge in [0.15, 0.2) is 0 Å². The van der Waals surface area contributed by atoms with Crippen molar-refractivity contribution in [2.75, 3.05) is 13.7 Å². The molecule has 0 heterocycles. The molecule has 0 amide bonds. The average Bonchev–Trinajstić information content (AvgIpc) is 2.52. The minimum atomic E-state index is 0.0199. The van der Waals surface area contributed by atoms with E-state index in [4.69, 9.17) is 15.3 Å². The summed E-state index contributed by atoms with van der Waals surface area (Å²) in [6, 6.07) is 17.6. The third-order valence-electron chi connectivity index (χ3n) is 3.09. The Morgan fingerprint density at radius 2 is 1.75 bits per heavy atom. The molecule has 0 bridgehead atoms. The lowest BCUT2D eigenvalue weighted by Crippen LogP contribution is -2.41. The van der Waals surface area contributed by atoms with Crippen molar-refractivity contribution in [2.24, 2.45) is 5.84 Å². The molecule has 0 saturated heterocycles. The maximum Gasteiger partial charge on any atom is 0.122 e. The van der Waals surface area contributed by atoms with Crippen LogP contribution in [-0.2, 0) is 6.42 Å². The zero-order chi connectivity index (χ0) is 14.2. The van der Waals surface area contributed by atoms with Gasteiger partial charge in [-0.1, -0.05) is 36.4 Å². The monoisotopic (exact) mass is 272 g/mol. The van der Waals surface area contributed by atoms with Crippen molar-refractivity contribution in [1.82, 2.24) is 5.43 Å². The van der Waals surface area contributed by atoms with E-state index in [-0.39, 0.29) is 6.04 Å². The summed E-state index contributed by atoms with van der Waals surface area (Å²) in [5.74, 6) is 7.31. The SMILES string of the molecule is COc1ccccc1CC(COc1ccccc1)NN. The molecule has 20 heavy (non-hydrogen) atoms. The van der Waals surface area contributed by atoms with Gasteiger partial charge < -0.3 is 9.47 Å². The van der Waals surface area contributed by atoms with Crippen LogP contribution in [0, 0.1) is 0 Å². The normalized spacial score (nSPS) is 11.9. The van der Waals surface area contributed by atoms with E-state index in [0.29, 0.717) is 6.61 Å². The molecular formula is C16H20N2O2. The van der Waals surface area contributed by atoms with Gasteiger partial charge in [0.2, 0.25) is 0 Å². The van der Waals surface area contributed by atoms with E-state index in [0.717, 1.165) is 23.5 Å². The Bertz CT molecular complexity index is 517. The van der Waals surface area contributed by atoms with Crippen molar-refractivity contribution in [1.29, 1.82) is 0 Å². The molecular weight excluding hydrogens is 252 g/mol. The number of hydrogen-bond donors (Lipinski definition) is 2. The topological polar surface area (TPSA) is 56.5 Å². The summed E-state index contributed by atoms with van der Waals surface area (Å²) < 4.78 is 11.1. The summed E-state index contributed by atoms with van der Waals surface area (Å²) in [6.45, 7) is 0.499. The minimum absolute atomic E-state index is 0.0199. The lowest BCUT2D eigenvalue weighted by Gasteiger charge is -2.18. The zero-order valence-corrected chi connectivity index (χ0v) is 11.6. The quantitative estimate of drug-likeness (QED) is 0.599. The number of nitrogens with one attached hydrogen (secondary N) is 1. The molecule has 0 aliphatic carbocycles. The zero-order valence-electron chi connectivity index (χ0n) is 11.6. The molecule has 3 N–H and O–H groups in total. The van der Waals surface area contributed by atoms with Crippen molar-refractivity contribution in [2.45, 2.75) is 12.5 Å². The van der Waals surface area contributed by atoms with Crippen molar-refractivity contribution in [3.05, 3.63) is 60.2 Å². The number of hydrazine groups is 1. The summed E-state index contributed by atoms with van der Waals surface area (Å²) in [7, 11) is 1.67. The molecule has 0 spiro atoms. The summed E-state index contributed by atoms with van der Waals surface area (Å²) in [4.78, 5) is 0. The van der Waals surface area contributed by atoms with Crippen molar-refractivity contribution >= 4 is 0 Å². The Morgan fingerprint density at radius 1 is 1.05 bits per heavy atom. The summed E-state index contributed by atoms with van der Waals surface area (Å²) >= 11 is 0. The Labute approximate surface area is 119 Å². The van der Waals surface area contributed by atoms with Crippen molar-refractivity contribution in [3.63, 3.8) is 0 Å². The third-order valence-corrected chi connectivity index (χ3v) is 3.09. The number of hydrogen-bond acceptors (Lipinski definition) is 4. The molecule has 1 unspecified atom stereocenters. The van der Waals surface area contributed by atoms with Gasteiger partial charge in [0.05, 0.1) is 13.2 Å². The van der Waals surface area contributed by atoms with E-state index < -0.39 is 0 Å². The van der Waals surface area contributed by atoms with Crippen LogP contribution in [0.15, 0.2) is 54.6 Å². The van der Waals surface area contributed by atoms with E-state index >= 15 is 0 Å². The first kappa shape index (κ1) is 14.4. The Hall–Kier alpha value is -2.04. The fraction of sp³-hybridized carbons (Fsp3) is 0.250. The van der Waals surface area contributed by atoms with Gasteiger partial charge in [-0.3, -0.25) is 11.3 Å². The minimum Gasteiger partial charge on any atom is -0.496 e. The molecule has 106 valence electrons. The third kappa shape index (κ3) is 3.98. The van der Waals surface area contributed by atoms with Gasteiger partial charge in [-0.25, -0.2) is 0 Å². The highest BCUT2D eigenvalue weighted by Crippen LogP contribution is 2.19. The lowest BCUT2D eigenvalue weighted by molar-refractivity contribution is 0.263. The highest BCUT2D eigenvalue weighted by Gasteiger charge is 2.11. The molecule has 0 aliphatic heterocycles. The molecule has 0 fully saturated rings. The number of benzene rings is 2. The second kappa shape index (κ2) is 7.53. The van der Waals surface area contributed by atoms with E-state index in [1.54, 1.807) is 7.11 Å². The average molecular weight is 272 g/mol. The lowest BCUT2D eigenvalue weighted by atomic mass is 10.1. The van der Waals surface area contributed by atoms with Crippen LogP contribution in [0.2, 0.25) is 0 Å². The number of rotatable bonds is 7. The van der Waals surface area contributed by atoms with Crippen molar-refractivity contribution < 1.29 is 9.47 Å². The highest BCUT2D eigenvalue weighted by molar-refractivity contribution is 5.33. The van der Waals surface area contributed by atoms with Gasteiger partial charge in [-0.05, 0) is 30.2 Å². The highest BCUT2D eigenvalue weighted by atomic mass is 16.5. The Kier molecular flexibility index (Phi) is 5.41. The van der Waals surface area contributed by atoms with Crippen LogP contribution in [0.25, 0.3) is 0 Å². The number of ether oxygens (including phenoxy) is 2. The Balaban J connectivity index is 1.95. The van der Waals surface area contributed by atoms with Crippen LogP contribution < -0.4 is 20.7 Å². The van der Waals surface area contributed by atoms with Crippen LogP contribution in [0.4, 0.5) is 0 Å². The van der Waals surface area contributed by atoms with E-state index in [9.17, 15) is 0 Å². The molecule has 1 atom stereocenters. The molecule has 2 rings (SSSR count). The second-order valence-electron chi connectivity index (χ2n) is 4.50. The number of para-hydroxylation sites is 2. The molecule has 0 aliphatic rings. The van der Waals surface area contributed by atoms with Gasteiger partial charge in [0, 0.05) is 0 Å². The van der Waals surface area contributed by atoms with Gasteiger partial charge in [-0.2, -0.15) is 0 Å². The summed E-state index contributed by atoms with van der Waals surface area (Å²) in [6.07, 6.45) is 0.743. The first-order chi connectivity index (χ1) is 9.83. The maximum atomic E-state index is 5.72. The molecule has 4 heteroatoms. The van der Waals surface area contributed by atoms with Gasteiger partial charge in [0.25, 0.3) is 0 Å². The molecule has 2 aromatic rings. The standard InChI is InChI=1S/C16H20N2O2/c1-19-16-10-6-5-7-13(16)11-14(18-17)12-20-15-8-3-2-4-9-15/h2-10,14,18H,11-12,17H2,1H3. The second-order valence-corrected chi connectivity index (χ2v) is 4.50. The maximum absolute atomic E-state index is 5.72. The fourth-order valence-corrected chi connectivity index (χ4v) is 2.02. The van der Waals surface area contributed by atoms with Gasteiger partial charge in [-0.15, -0.1) is 0 Å². The number of nitrogens with two attached hydrogens (primary N) is 1. The van der Waals surface area contributed by atoms with E-state index in [2.05, 4.69) is 5.43 Å². The number of methoxy groups -OCH3 is 1. The van der Waals surface area contributed by atoms with Gasteiger partial charge >= 0.3 is 0 Å². The predicted molar refractivity (Wildman–Crippen MR) is 79.7 cm³/mol.